The van der Waals surface area contributed by atoms with E-state index in [1.54, 1.807) is 0 Å². The molecule has 0 spiro atoms. The van der Waals surface area contributed by atoms with Gasteiger partial charge in [0, 0.05) is 41.3 Å². The van der Waals surface area contributed by atoms with Crippen LogP contribution in [0.4, 0.5) is 0 Å². The van der Waals surface area contributed by atoms with E-state index in [2.05, 4.69) is 54.8 Å². The molecule has 4 heteroatoms. The Morgan fingerprint density at radius 1 is 1.40 bits per heavy atom. The Balaban J connectivity index is 1.79. The zero-order chi connectivity index (χ0) is 14.3. The van der Waals surface area contributed by atoms with E-state index in [1.165, 1.54) is 34.8 Å². The van der Waals surface area contributed by atoms with Crippen molar-refractivity contribution < 1.29 is 0 Å². The van der Waals surface area contributed by atoms with Crippen LogP contribution in [0.1, 0.15) is 54.2 Å². The zero-order valence-electron chi connectivity index (χ0n) is 12.8. The van der Waals surface area contributed by atoms with E-state index in [0.717, 1.165) is 6.54 Å². The standard InChI is InChI=1S/C16H23N3S/c1-11(2)19-13(4)14(12(3)17-19)10-18-8-7-15(18)16-6-5-9-20-16/h5-6,9,11,15H,7-8,10H2,1-4H3/t15-/m1/s1. The average Bonchev–Trinajstić information content (AvgIpc) is 2.95. The van der Waals surface area contributed by atoms with Crippen molar-refractivity contribution in [3.05, 3.63) is 39.3 Å². The molecule has 0 unspecified atom stereocenters. The van der Waals surface area contributed by atoms with Crippen LogP contribution in [0.15, 0.2) is 17.5 Å². The molecule has 1 saturated heterocycles. The Hall–Kier alpha value is -1.13. The summed E-state index contributed by atoms with van der Waals surface area (Å²) in [6.07, 6.45) is 1.29. The minimum absolute atomic E-state index is 0.437. The molecule has 1 atom stereocenters. The molecule has 1 aliphatic heterocycles. The molecular formula is C16H23N3S. The highest BCUT2D eigenvalue weighted by Gasteiger charge is 2.31. The molecule has 2 aromatic heterocycles. The minimum Gasteiger partial charge on any atom is -0.291 e. The molecule has 3 rings (SSSR count). The second-order valence-corrected chi connectivity index (χ2v) is 6.96. The summed E-state index contributed by atoms with van der Waals surface area (Å²) in [7, 11) is 0. The van der Waals surface area contributed by atoms with Crippen molar-refractivity contribution in [1.29, 1.82) is 0 Å². The van der Waals surface area contributed by atoms with Crippen LogP contribution >= 0.6 is 11.3 Å². The summed E-state index contributed by atoms with van der Waals surface area (Å²) >= 11 is 1.88. The van der Waals surface area contributed by atoms with Gasteiger partial charge in [0.2, 0.25) is 0 Å². The number of hydrogen-bond donors (Lipinski definition) is 0. The summed E-state index contributed by atoms with van der Waals surface area (Å²) < 4.78 is 2.16. The van der Waals surface area contributed by atoms with Crippen molar-refractivity contribution in [2.75, 3.05) is 6.54 Å². The van der Waals surface area contributed by atoms with Crippen LogP contribution in [0, 0.1) is 13.8 Å². The van der Waals surface area contributed by atoms with E-state index >= 15 is 0 Å². The van der Waals surface area contributed by atoms with Crippen LogP contribution in [0.2, 0.25) is 0 Å². The normalized spacial score (nSPS) is 19.6. The molecule has 0 bridgehead atoms. The number of thiophene rings is 1. The Labute approximate surface area is 125 Å². The van der Waals surface area contributed by atoms with Crippen molar-refractivity contribution in [2.45, 2.75) is 52.7 Å². The first-order chi connectivity index (χ1) is 9.58. The SMILES string of the molecule is Cc1nn(C(C)C)c(C)c1CN1CC[C@@H]1c1cccs1. The summed E-state index contributed by atoms with van der Waals surface area (Å²) in [5.41, 5.74) is 3.93. The summed E-state index contributed by atoms with van der Waals surface area (Å²) in [6.45, 7) is 11.0. The Kier molecular flexibility index (Phi) is 3.69. The van der Waals surface area contributed by atoms with E-state index in [-0.39, 0.29) is 0 Å². The lowest BCUT2D eigenvalue weighted by Crippen LogP contribution is -2.40. The first-order valence-electron chi connectivity index (χ1n) is 7.40. The zero-order valence-corrected chi connectivity index (χ0v) is 13.6. The highest BCUT2D eigenvalue weighted by Crippen LogP contribution is 2.37. The Morgan fingerprint density at radius 2 is 2.20 bits per heavy atom. The van der Waals surface area contributed by atoms with E-state index in [9.17, 15) is 0 Å². The van der Waals surface area contributed by atoms with Gasteiger partial charge in [-0.05, 0) is 45.6 Å². The van der Waals surface area contributed by atoms with Gasteiger partial charge in [-0.25, -0.2) is 0 Å². The molecule has 1 fully saturated rings. The fourth-order valence-electron chi connectivity index (χ4n) is 3.06. The minimum atomic E-state index is 0.437. The van der Waals surface area contributed by atoms with E-state index in [4.69, 9.17) is 5.10 Å². The maximum absolute atomic E-state index is 4.70. The predicted molar refractivity (Wildman–Crippen MR) is 84.2 cm³/mol. The highest BCUT2D eigenvalue weighted by molar-refractivity contribution is 7.10. The van der Waals surface area contributed by atoms with Gasteiger partial charge in [0.1, 0.15) is 0 Å². The first-order valence-corrected chi connectivity index (χ1v) is 8.28. The number of aromatic nitrogens is 2. The van der Waals surface area contributed by atoms with E-state index in [0.29, 0.717) is 12.1 Å². The van der Waals surface area contributed by atoms with Gasteiger partial charge in [-0.1, -0.05) is 6.07 Å². The molecule has 1 aliphatic rings. The summed E-state index contributed by atoms with van der Waals surface area (Å²) in [5.74, 6) is 0. The van der Waals surface area contributed by atoms with Gasteiger partial charge >= 0.3 is 0 Å². The lowest BCUT2D eigenvalue weighted by molar-refractivity contribution is 0.0840. The molecule has 0 amide bonds. The molecule has 0 saturated carbocycles. The molecule has 0 radical (unpaired) electrons. The lowest BCUT2D eigenvalue weighted by Gasteiger charge is -2.40. The quantitative estimate of drug-likeness (QED) is 0.845. The Bertz CT molecular complexity index is 583. The third kappa shape index (κ3) is 2.31. The number of nitrogens with zero attached hydrogens (tertiary/aromatic N) is 3. The smallest absolute Gasteiger partial charge is 0.0641 e. The summed E-state index contributed by atoms with van der Waals surface area (Å²) in [6, 6.07) is 5.48. The van der Waals surface area contributed by atoms with Crippen LogP contribution in [0.3, 0.4) is 0 Å². The largest absolute Gasteiger partial charge is 0.291 e. The van der Waals surface area contributed by atoms with Crippen molar-refractivity contribution in [2.24, 2.45) is 0 Å². The predicted octanol–water partition coefficient (Wildman–Crippen LogP) is 4.09. The summed E-state index contributed by atoms with van der Waals surface area (Å²) in [4.78, 5) is 4.08. The molecule has 0 aliphatic carbocycles. The molecule has 3 heterocycles. The van der Waals surface area contributed by atoms with Crippen molar-refractivity contribution >= 4 is 11.3 Å². The number of rotatable bonds is 4. The maximum Gasteiger partial charge on any atom is 0.0641 e. The third-order valence-electron chi connectivity index (χ3n) is 4.33. The molecule has 108 valence electrons. The van der Waals surface area contributed by atoms with Gasteiger partial charge < -0.3 is 0 Å². The van der Waals surface area contributed by atoms with Crippen LogP contribution < -0.4 is 0 Å². The average molecular weight is 289 g/mol. The van der Waals surface area contributed by atoms with Crippen LogP contribution in [-0.2, 0) is 6.54 Å². The van der Waals surface area contributed by atoms with Gasteiger partial charge in [0.15, 0.2) is 0 Å². The fraction of sp³-hybridized carbons (Fsp3) is 0.562. The number of aryl methyl sites for hydroxylation is 1. The topological polar surface area (TPSA) is 21.1 Å². The van der Waals surface area contributed by atoms with E-state index < -0.39 is 0 Å². The van der Waals surface area contributed by atoms with Gasteiger partial charge in [-0.2, -0.15) is 5.10 Å². The van der Waals surface area contributed by atoms with Crippen molar-refractivity contribution in [1.82, 2.24) is 14.7 Å². The first kappa shape index (κ1) is 13.8. The summed E-state index contributed by atoms with van der Waals surface area (Å²) in [5, 5.41) is 6.88. The van der Waals surface area contributed by atoms with Crippen LogP contribution in [0.25, 0.3) is 0 Å². The number of likely N-dealkylation sites (tertiary alicyclic amines) is 1. The van der Waals surface area contributed by atoms with Gasteiger partial charge in [0.25, 0.3) is 0 Å². The van der Waals surface area contributed by atoms with E-state index in [1.807, 2.05) is 11.3 Å². The van der Waals surface area contributed by atoms with Crippen molar-refractivity contribution in [3.63, 3.8) is 0 Å². The molecule has 0 aromatic carbocycles. The van der Waals surface area contributed by atoms with Gasteiger partial charge in [-0.15, -0.1) is 11.3 Å². The monoisotopic (exact) mass is 289 g/mol. The maximum atomic E-state index is 4.70. The fourth-order valence-corrected chi connectivity index (χ4v) is 3.96. The molecular weight excluding hydrogens is 266 g/mol. The highest BCUT2D eigenvalue weighted by atomic mass is 32.1. The second kappa shape index (κ2) is 5.34. The Morgan fingerprint density at radius 3 is 2.70 bits per heavy atom. The van der Waals surface area contributed by atoms with Crippen LogP contribution in [-0.4, -0.2) is 21.2 Å². The van der Waals surface area contributed by atoms with Gasteiger partial charge in [-0.3, -0.25) is 9.58 Å². The third-order valence-corrected chi connectivity index (χ3v) is 5.30. The van der Waals surface area contributed by atoms with Gasteiger partial charge in [0.05, 0.1) is 5.69 Å². The molecule has 0 N–H and O–H groups in total. The number of hydrogen-bond acceptors (Lipinski definition) is 3. The molecule has 20 heavy (non-hydrogen) atoms. The lowest BCUT2D eigenvalue weighted by atomic mass is 9.99. The molecule has 3 nitrogen and oxygen atoms in total. The molecule has 2 aromatic rings. The van der Waals surface area contributed by atoms with Crippen molar-refractivity contribution in [3.8, 4) is 0 Å². The second-order valence-electron chi connectivity index (χ2n) is 5.98. The van der Waals surface area contributed by atoms with Crippen LogP contribution in [0.5, 0.6) is 0 Å².